The molecule has 2 unspecified atom stereocenters. The van der Waals surface area contributed by atoms with E-state index in [0.717, 1.165) is 34.2 Å². The largest absolute Gasteiger partial charge is 0.381 e. The Bertz CT molecular complexity index is 1330. The molecule has 1 aromatic carbocycles. The van der Waals surface area contributed by atoms with Gasteiger partial charge >= 0.3 is 0 Å². The molecule has 2 aromatic heterocycles. The van der Waals surface area contributed by atoms with Gasteiger partial charge in [-0.2, -0.15) is 5.10 Å². The Labute approximate surface area is 191 Å². The number of hydrogen-bond acceptors (Lipinski definition) is 3. The summed E-state index contributed by atoms with van der Waals surface area (Å²) in [6, 6.07) is 7.43. The summed E-state index contributed by atoms with van der Waals surface area (Å²) in [5.74, 6) is 1.08. The third kappa shape index (κ3) is 3.92. The Morgan fingerprint density at radius 1 is 1.18 bits per heavy atom. The van der Waals surface area contributed by atoms with Gasteiger partial charge in [-0.3, -0.25) is 9.36 Å². The lowest BCUT2D eigenvalue weighted by Gasteiger charge is -2.24. The van der Waals surface area contributed by atoms with Gasteiger partial charge in [0, 0.05) is 25.2 Å². The van der Waals surface area contributed by atoms with E-state index in [1.165, 1.54) is 5.57 Å². The van der Waals surface area contributed by atoms with E-state index in [2.05, 4.69) is 32.9 Å². The van der Waals surface area contributed by atoms with Gasteiger partial charge in [-0.05, 0) is 54.9 Å². The van der Waals surface area contributed by atoms with Gasteiger partial charge in [0.15, 0.2) is 0 Å². The standard InChI is InChI=1S/C26H29F2N3O2/c1-15-10-20(11-16(2)17(15)3)19-4-5-21-23(12-19)31-25(30(26(21)32)14-24(27)28)13-22(29-31)18-6-8-33-9-7-18/h4-5,10-13,15,17-18,24H,6-9,14H2,1-3H3. The number of aromatic nitrogens is 3. The lowest BCUT2D eigenvalue weighted by molar-refractivity contribution is 0.0844. The monoisotopic (exact) mass is 453 g/mol. The number of hydrogen-bond donors (Lipinski definition) is 0. The van der Waals surface area contributed by atoms with E-state index in [1.807, 2.05) is 12.1 Å². The van der Waals surface area contributed by atoms with E-state index in [4.69, 9.17) is 9.84 Å². The van der Waals surface area contributed by atoms with Crippen LogP contribution in [0.1, 0.15) is 50.8 Å². The van der Waals surface area contributed by atoms with Crippen LogP contribution in [0, 0.1) is 11.8 Å². The lowest BCUT2D eigenvalue weighted by atomic mass is 9.81. The number of alkyl halides is 2. The first kappa shape index (κ1) is 22.0. The van der Waals surface area contributed by atoms with Gasteiger partial charge in [-0.25, -0.2) is 13.3 Å². The molecule has 0 radical (unpaired) electrons. The SMILES string of the molecule is CC1=CC(c2ccc3c(=O)n(CC(F)F)c4cc(C5CCOCC5)nn4c3c2)=CC(C)C1C. The van der Waals surface area contributed by atoms with E-state index >= 15 is 0 Å². The van der Waals surface area contributed by atoms with Crippen LogP contribution in [0.2, 0.25) is 0 Å². The number of benzene rings is 1. The molecule has 0 N–H and O–H groups in total. The summed E-state index contributed by atoms with van der Waals surface area (Å²) in [6.45, 7) is 7.23. The lowest BCUT2D eigenvalue weighted by Crippen LogP contribution is -2.25. The normalized spacial score (nSPS) is 22.2. The average molecular weight is 454 g/mol. The molecule has 0 saturated carbocycles. The van der Waals surface area contributed by atoms with Gasteiger partial charge in [0.2, 0.25) is 0 Å². The van der Waals surface area contributed by atoms with Gasteiger partial charge in [0.05, 0.1) is 23.1 Å². The quantitative estimate of drug-likeness (QED) is 0.530. The first-order valence-corrected chi connectivity index (χ1v) is 11.7. The zero-order chi connectivity index (χ0) is 23.3. The summed E-state index contributed by atoms with van der Waals surface area (Å²) in [5.41, 5.74) is 4.91. The number of ether oxygens (including phenoxy) is 1. The highest BCUT2D eigenvalue weighted by atomic mass is 19.3. The minimum atomic E-state index is -2.63. The topological polar surface area (TPSA) is 48.5 Å². The van der Waals surface area contributed by atoms with Crippen molar-refractivity contribution in [2.75, 3.05) is 13.2 Å². The molecule has 0 amide bonds. The van der Waals surface area contributed by atoms with Crippen LogP contribution in [0.4, 0.5) is 8.78 Å². The van der Waals surface area contributed by atoms with Crippen molar-refractivity contribution in [1.82, 2.24) is 14.2 Å². The predicted molar refractivity (Wildman–Crippen MR) is 126 cm³/mol. The first-order chi connectivity index (χ1) is 15.8. The maximum atomic E-state index is 13.4. The molecule has 5 nitrogen and oxygen atoms in total. The molecule has 1 aliphatic carbocycles. The summed E-state index contributed by atoms with van der Waals surface area (Å²) in [6.07, 6.45) is 3.48. The van der Waals surface area contributed by atoms with E-state index in [1.54, 1.807) is 16.6 Å². The number of nitrogens with zero attached hydrogens (tertiary/aromatic N) is 3. The highest BCUT2D eigenvalue weighted by Gasteiger charge is 2.23. The van der Waals surface area contributed by atoms with Crippen LogP contribution in [-0.2, 0) is 11.3 Å². The van der Waals surface area contributed by atoms with Gasteiger partial charge < -0.3 is 4.74 Å². The summed E-state index contributed by atoms with van der Waals surface area (Å²) < 4.78 is 35.1. The molecule has 0 spiro atoms. The molecular formula is C26H29F2N3O2. The third-order valence-corrected chi connectivity index (χ3v) is 7.31. The predicted octanol–water partition coefficient (Wildman–Crippen LogP) is 5.42. The van der Waals surface area contributed by atoms with Crippen LogP contribution in [0.5, 0.6) is 0 Å². The van der Waals surface area contributed by atoms with E-state index < -0.39 is 18.5 Å². The van der Waals surface area contributed by atoms with Crippen LogP contribution in [0.15, 0.2) is 46.8 Å². The third-order valence-electron chi connectivity index (χ3n) is 7.31. The molecule has 1 aliphatic heterocycles. The summed E-state index contributed by atoms with van der Waals surface area (Å²) in [7, 11) is 0. The molecule has 5 rings (SSSR count). The molecular weight excluding hydrogens is 424 g/mol. The fraction of sp³-hybridized carbons (Fsp3) is 0.462. The fourth-order valence-electron chi connectivity index (χ4n) is 5.03. The minimum Gasteiger partial charge on any atom is -0.381 e. The number of fused-ring (bicyclic) bond motifs is 3. The van der Waals surface area contributed by atoms with E-state index in [0.29, 0.717) is 41.6 Å². The zero-order valence-electron chi connectivity index (χ0n) is 19.2. The van der Waals surface area contributed by atoms with Crippen molar-refractivity contribution < 1.29 is 13.5 Å². The summed E-state index contributed by atoms with van der Waals surface area (Å²) in [5, 5.41) is 5.22. The van der Waals surface area contributed by atoms with Gasteiger partial charge in [-0.1, -0.05) is 37.6 Å². The Kier molecular flexibility index (Phi) is 5.69. The second-order valence-corrected chi connectivity index (χ2v) is 9.42. The Morgan fingerprint density at radius 2 is 1.94 bits per heavy atom. The Hall–Kier alpha value is -2.80. The Morgan fingerprint density at radius 3 is 2.64 bits per heavy atom. The fourth-order valence-corrected chi connectivity index (χ4v) is 5.03. The molecule has 3 aromatic rings. The minimum absolute atomic E-state index is 0.195. The van der Waals surface area contributed by atoms with Crippen LogP contribution in [-0.4, -0.2) is 33.8 Å². The maximum absolute atomic E-state index is 13.4. The number of allylic oxidation sites excluding steroid dienone is 4. The highest BCUT2D eigenvalue weighted by Crippen LogP contribution is 2.34. The molecule has 7 heteroatoms. The maximum Gasteiger partial charge on any atom is 0.261 e. The highest BCUT2D eigenvalue weighted by molar-refractivity contribution is 5.87. The zero-order valence-corrected chi connectivity index (χ0v) is 19.2. The molecule has 2 atom stereocenters. The van der Waals surface area contributed by atoms with Gasteiger partial charge in [-0.15, -0.1) is 0 Å². The van der Waals surface area contributed by atoms with E-state index in [9.17, 15) is 13.6 Å². The number of halogens is 2. The number of rotatable bonds is 4. The van der Waals surface area contributed by atoms with Crippen molar-refractivity contribution >= 4 is 22.1 Å². The average Bonchev–Trinajstić information content (AvgIpc) is 3.25. The van der Waals surface area contributed by atoms with Crippen molar-refractivity contribution in [3.63, 3.8) is 0 Å². The first-order valence-electron chi connectivity index (χ1n) is 11.7. The van der Waals surface area contributed by atoms with Gasteiger partial charge in [0.25, 0.3) is 12.0 Å². The van der Waals surface area contributed by atoms with Crippen LogP contribution >= 0.6 is 0 Å². The molecule has 3 heterocycles. The Balaban J connectivity index is 1.72. The molecule has 2 aliphatic rings. The van der Waals surface area contributed by atoms with Crippen LogP contribution < -0.4 is 5.56 Å². The molecule has 174 valence electrons. The van der Waals surface area contributed by atoms with Crippen molar-refractivity contribution in [1.29, 1.82) is 0 Å². The van der Waals surface area contributed by atoms with Crippen molar-refractivity contribution in [2.45, 2.75) is 52.5 Å². The smallest absolute Gasteiger partial charge is 0.261 e. The van der Waals surface area contributed by atoms with Crippen LogP contribution in [0.3, 0.4) is 0 Å². The van der Waals surface area contributed by atoms with Gasteiger partial charge in [0.1, 0.15) is 5.65 Å². The van der Waals surface area contributed by atoms with Crippen molar-refractivity contribution in [3.8, 4) is 0 Å². The van der Waals surface area contributed by atoms with Crippen molar-refractivity contribution in [2.24, 2.45) is 11.8 Å². The molecule has 33 heavy (non-hydrogen) atoms. The summed E-state index contributed by atoms with van der Waals surface area (Å²) in [4.78, 5) is 13.2. The molecule has 0 bridgehead atoms. The summed E-state index contributed by atoms with van der Waals surface area (Å²) >= 11 is 0. The second-order valence-electron chi connectivity index (χ2n) is 9.42. The van der Waals surface area contributed by atoms with Crippen molar-refractivity contribution in [3.05, 3.63) is 63.6 Å². The van der Waals surface area contributed by atoms with E-state index in [-0.39, 0.29) is 5.92 Å². The molecule has 1 saturated heterocycles. The second kappa shape index (κ2) is 8.52. The van der Waals surface area contributed by atoms with Crippen LogP contribution in [0.25, 0.3) is 22.1 Å². The molecule has 1 fully saturated rings.